The molecule has 5 nitrogen and oxygen atoms in total. The van der Waals surface area contributed by atoms with Crippen molar-refractivity contribution in [3.63, 3.8) is 0 Å². The lowest BCUT2D eigenvalue weighted by molar-refractivity contribution is -0.161. The maximum atomic E-state index is 12.4. The van der Waals surface area contributed by atoms with E-state index in [-0.39, 0.29) is 25.2 Å². The van der Waals surface area contributed by atoms with Crippen LogP contribution in [0.5, 0.6) is 0 Å². The number of aliphatic hydroxyl groups excluding tert-OH is 1. The standard InChI is InChI=1S/C85H136O5/c1-3-5-7-9-11-13-15-17-19-21-23-25-27-29-31-33-35-37-39-41-42-44-46-48-50-52-54-56-58-60-62-64-66-68-70-72-74-76-78-80-85(88)90-83(81-86)82-89-84(87)79-77-75-73-71-69-67-65-63-61-59-57-55-53-51-49-47-45-43-40-38-36-34-32-30-28-26-24-22-20-18-16-14-12-10-8-6-4-2/h5-8,11-14,17-20,23-26,29-32,35,37,41-42,46,48,52,54,58,60,64,66,83,86H,3-4,9-10,15-16,21-22,27-28,33-34,36,38-40,43-45,47,49-51,53,55-57,59,61-63,65,67-82H2,1-2H3/b7-5-,8-6-,13-11-,14-12-,19-17-,20-18-,25-23-,26-24-,31-29-,32-30-,37-35-,42-41-,48-46-,54-52-,60-58-,66-64-. The zero-order valence-electron chi connectivity index (χ0n) is 58.1. The first-order valence-corrected chi connectivity index (χ1v) is 37.0. The van der Waals surface area contributed by atoms with E-state index in [2.05, 4.69) is 208 Å². The van der Waals surface area contributed by atoms with Crippen molar-refractivity contribution in [2.45, 2.75) is 315 Å². The van der Waals surface area contributed by atoms with Gasteiger partial charge < -0.3 is 14.6 Å². The number of ether oxygens (including phenoxy) is 2. The Bertz CT molecular complexity index is 2040. The third-order valence-electron chi connectivity index (χ3n) is 15.4. The minimum atomic E-state index is -0.797. The molecule has 0 bridgehead atoms. The molecule has 0 saturated carbocycles. The summed E-state index contributed by atoms with van der Waals surface area (Å²) in [6.07, 6.45) is 123. The van der Waals surface area contributed by atoms with Crippen molar-refractivity contribution in [3.8, 4) is 0 Å². The van der Waals surface area contributed by atoms with Gasteiger partial charge in [0.2, 0.25) is 0 Å². The molecule has 1 atom stereocenters. The van der Waals surface area contributed by atoms with Crippen LogP contribution in [0.25, 0.3) is 0 Å². The molecule has 0 saturated heterocycles. The Morgan fingerprint density at radius 2 is 0.444 bits per heavy atom. The van der Waals surface area contributed by atoms with Gasteiger partial charge in [-0.1, -0.05) is 350 Å². The average molecular weight is 1240 g/mol. The van der Waals surface area contributed by atoms with Crippen LogP contribution >= 0.6 is 0 Å². The highest BCUT2D eigenvalue weighted by molar-refractivity contribution is 5.70. The van der Waals surface area contributed by atoms with E-state index < -0.39 is 6.10 Å². The number of carbonyl (C=O) groups excluding carboxylic acids is 2. The third kappa shape index (κ3) is 75.2. The van der Waals surface area contributed by atoms with E-state index in [4.69, 9.17) is 9.47 Å². The second kappa shape index (κ2) is 78.0. The zero-order valence-corrected chi connectivity index (χ0v) is 58.1. The SMILES string of the molecule is CC/C=C\C/C=C\C/C=C\C/C=C\C/C=C\C/C=C\C/C=C\C/C=C\C/C=C\C/C=C\C/C=C\CCCCCCCC(=O)OC(CO)COC(=O)CCCCCCCCCCCCCCCCCCCCCCC/C=C\C/C=C\C/C=C\C/C=C\C/C=C\CC. The summed E-state index contributed by atoms with van der Waals surface area (Å²) in [4.78, 5) is 24.7. The summed E-state index contributed by atoms with van der Waals surface area (Å²) in [5.74, 6) is -0.615. The Hall–Kier alpha value is -5.26. The van der Waals surface area contributed by atoms with Crippen LogP contribution in [0.2, 0.25) is 0 Å². The van der Waals surface area contributed by atoms with Crippen molar-refractivity contribution < 1.29 is 24.2 Å². The first-order chi connectivity index (χ1) is 44.6. The Morgan fingerprint density at radius 1 is 0.256 bits per heavy atom. The molecular weight excluding hydrogens is 1100 g/mol. The third-order valence-corrected chi connectivity index (χ3v) is 15.4. The molecule has 0 aliphatic heterocycles. The van der Waals surface area contributed by atoms with Gasteiger partial charge in [-0.15, -0.1) is 0 Å². The number of allylic oxidation sites excluding steroid dienone is 32. The number of hydrogen-bond donors (Lipinski definition) is 1. The number of rotatable bonds is 66. The molecule has 0 amide bonds. The van der Waals surface area contributed by atoms with Gasteiger partial charge in [-0.3, -0.25) is 9.59 Å². The van der Waals surface area contributed by atoms with Crippen LogP contribution in [0.3, 0.4) is 0 Å². The zero-order chi connectivity index (χ0) is 64.7. The number of aliphatic hydroxyl groups is 1. The maximum absolute atomic E-state index is 12.4. The molecule has 90 heavy (non-hydrogen) atoms. The molecule has 0 aromatic carbocycles. The molecule has 0 heterocycles. The van der Waals surface area contributed by atoms with E-state index in [0.717, 1.165) is 161 Å². The Kier molecular flexibility index (Phi) is 73.4. The molecule has 0 aromatic rings. The molecular formula is C85H136O5. The second-order valence-electron chi connectivity index (χ2n) is 23.9. The fourth-order valence-corrected chi connectivity index (χ4v) is 9.94. The monoisotopic (exact) mass is 1240 g/mol. The summed E-state index contributed by atoms with van der Waals surface area (Å²) in [5.41, 5.74) is 0. The minimum absolute atomic E-state index is 0.0823. The summed E-state index contributed by atoms with van der Waals surface area (Å²) in [7, 11) is 0. The minimum Gasteiger partial charge on any atom is -0.462 e. The maximum Gasteiger partial charge on any atom is 0.306 e. The summed E-state index contributed by atoms with van der Waals surface area (Å²) in [5, 5.41) is 9.71. The van der Waals surface area contributed by atoms with Gasteiger partial charge in [0.15, 0.2) is 6.10 Å². The van der Waals surface area contributed by atoms with Crippen LogP contribution in [0.15, 0.2) is 194 Å². The largest absolute Gasteiger partial charge is 0.462 e. The van der Waals surface area contributed by atoms with Gasteiger partial charge in [-0.05, 0) is 141 Å². The molecule has 0 spiro atoms. The van der Waals surface area contributed by atoms with Gasteiger partial charge >= 0.3 is 11.9 Å². The van der Waals surface area contributed by atoms with E-state index in [1.165, 1.54) is 122 Å². The number of unbranched alkanes of at least 4 members (excludes halogenated alkanes) is 26. The summed E-state index contributed by atoms with van der Waals surface area (Å²) >= 11 is 0. The summed E-state index contributed by atoms with van der Waals surface area (Å²) < 4.78 is 10.8. The summed E-state index contributed by atoms with van der Waals surface area (Å²) in [6, 6.07) is 0. The predicted octanol–water partition coefficient (Wildman–Crippen LogP) is 26.3. The number of esters is 2. The average Bonchev–Trinajstić information content (AvgIpc) is 3.59. The molecule has 0 aromatic heterocycles. The van der Waals surface area contributed by atoms with Crippen LogP contribution in [0, 0.1) is 0 Å². The smallest absolute Gasteiger partial charge is 0.306 e. The fourth-order valence-electron chi connectivity index (χ4n) is 9.94. The highest BCUT2D eigenvalue weighted by Crippen LogP contribution is 2.17. The molecule has 1 unspecified atom stereocenters. The first kappa shape index (κ1) is 84.7. The molecule has 0 radical (unpaired) electrons. The Labute approximate surface area is 556 Å². The Balaban J connectivity index is 3.56. The lowest BCUT2D eigenvalue weighted by Crippen LogP contribution is -2.28. The van der Waals surface area contributed by atoms with E-state index in [9.17, 15) is 14.7 Å². The van der Waals surface area contributed by atoms with Gasteiger partial charge in [0.1, 0.15) is 6.61 Å². The first-order valence-electron chi connectivity index (χ1n) is 37.0. The molecule has 0 fully saturated rings. The van der Waals surface area contributed by atoms with Gasteiger partial charge in [0.05, 0.1) is 6.61 Å². The quantitative estimate of drug-likeness (QED) is 0.0373. The lowest BCUT2D eigenvalue weighted by atomic mass is 10.0. The van der Waals surface area contributed by atoms with E-state index in [1.807, 2.05) is 0 Å². The predicted molar refractivity (Wildman–Crippen MR) is 398 cm³/mol. The normalized spacial score (nSPS) is 13.4. The molecule has 0 aliphatic rings. The number of hydrogen-bond acceptors (Lipinski definition) is 5. The van der Waals surface area contributed by atoms with Crippen molar-refractivity contribution in [1.29, 1.82) is 0 Å². The van der Waals surface area contributed by atoms with Crippen LogP contribution in [-0.4, -0.2) is 36.4 Å². The van der Waals surface area contributed by atoms with E-state index in [1.54, 1.807) is 0 Å². The van der Waals surface area contributed by atoms with Gasteiger partial charge in [0.25, 0.3) is 0 Å². The van der Waals surface area contributed by atoms with Crippen LogP contribution in [-0.2, 0) is 19.1 Å². The highest BCUT2D eigenvalue weighted by atomic mass is 16.6. The van der Waals surface area contributed by atoms with Gasteiger partial charge in [0, 0.05) is 12.8 Å². The lowest BCUT2D eigenvalue weighted by Gasteiger charge is -2.15. The summed E-state index contributed by atoms with van der Waals surface area (Å²) in [6.45, 7) is 3.91. The molecule has 5 heteroatoms. The van der Waals surface area contributed by atoms with Crippen molar-refractivity contribution in [2.75, 3.05) is 13.2 Å². The topological polar surface area (TPSA) is 72.8 Å². The fraction of sp³-hybridized carbons (Fsp3) is 0.600. The Morgan fingerprint density at radius 3 is 0.667 bits per heavy atom. The van der Waals surface area contributed by atoms with Gasteiger partial charge in [-0.25, -0.2) is 0 Å². The molecule has 1 N–H and O–H groups in total. The van der Waals surface area contributed by atoms with Crippen molar-refractivity contribution in [1.82, 2.24) is 0 Å². The molecule has 0 aliphatic carbocycles. The van der Waals surface area contributed by atoms with Crippen LogP contribution < -0.4 is 0 Å². The molecule has 506 valence electrons. The van der Waals surface area contributed by atoms with Gasteiger partial charge in [-0.2, -0.15) is 0 Å². The highest BCUT2D eigenvalue weighted by Gasteiger charge is 2.16. The van der Waals surface area contributed by atoms with E-state index >= 15 is 0 Å². The van der Waals surface area contributed by atoms with Crippen LogP contribution in [0.1, 0.15) is 309 Å². The second-order valence-corrected chi connectivity index (χ2v) is 23.9. The van der Waals surface area contributed by atoms with Crippen molar-refractivity contribution in [2.24, 2.45) is 0 Å². The van der Waals surface area contributed by atoms with Crippen molar-refractivity contribution >= 4 is 11.9 Å². The van der Waals surface area contributed by atoms with Crippen LogP contribution in [0.4, 0.5) is 0 Å². The molecule has 0 rings (SSSR count). The van der Waals surface area contributed by atoms with E-state index in [0.29, 0.717) is 12.8 Å². The number of carbonyl (C=O) groups is 2. The van der Waals surface area contributed by atoms with Crippen molar-refractivity contribution in [3.05, 3.63) is 194 Å².